The van der Waals surface area contributed by atoms with Crippen LogP contribution in [0, 0.1) is 5.92 Å². The van der Waals surface area contributed by atoms with Gasteiger partial charge in [0.1, 0.15) is 0 Å². The number of sulfonamides is 1. The molecule has 0 unspecified atom stereocenters. The number of nitrogens with zero attached hydrogens (tertiary/aromatic N) is 2. The number of benzene rings is 1. The Morgan fingerprint density at radius 1 is 1.00 bits per heavy atom. The summed E-state index contributed by atoms with van der Waals surface area (Å²) in [6.45, 7) is 0.550. The number of hydrogen-bond donors (Lipinski definition) is 2. The molecule has 0 bridgehead atoms. The number of aryl methyl sites for hydroxylation is 1. The first-order valence-electron chi connectivity index (χ1n) is 12.3. The predicted molar refractivity (Wildman–Crippen MR) is 127 cm³/mol. The summed E-state index contributed by atoms with van der Waals surface area (Å²) in [5.74, 6) is -1.18. The molecular formula is C25H31N3O5S. The van der Waals surface area contributed by atoms with Crippen LogP contribution in [-0.4, -0.2) is 53.8 Å². The van der Waals surface area contributed by atoms with Crippen molar-refractivity contribution in [2.24, 2.45) is 5.92 Å². The van der Waals surface area contributed by atoms with Crippen molar-refractivity contribution >= 4 is 32.8 Å². The maximum Gasteiger partial charge on any atom is 0.336 e. The fraction of sp³-hybridized carbons (Fsp3) is 0.560. The van der Waals surface area contributed by atoms with Gasteiger partial charge in [-0.2, -0.15) is 4.31 Å². The first-order chi connectivity index (χ1) is 16.3. The van der Waals surface area contributed by atoms with Gasteiger partial charge in [-0.05, 0) is 75.1 Å². The topological polar surface area (TPSA) is 117 Å². The maximum absolute atomic E-state index is 13.4. The summed E-state index contributed by atoms with van der Waals surface area (Å²) in [4.78, 5) is 29.5. The highest BCUT2D eigenvalue weighted by Crippen LogP contribution is 2.32. The minimum absolute atomic E-state index is 0.0385. The smallest absolute Gasteiger partial charge is 0.336 e. The van der Waals surface area contributed by atoms with Crippen LogP contribution in [0.2, 0.25) is 0 Å². The Hall–Kier alpha value is -2.52. The number of aromatic carboxylic acids is 1. The van der Waals surface area contributed by atoms with Crippen LogP contribution < -0.4 is 5.32 Å². The molecule has 0 spiro atoms. The largest absolute Gasteiger partial charge is 0.478 e. The van der Waals surface area contributed by atoms with Crippen LogP contribution in [0.3, 0.4) is 0 Å². The molecule has 2 fully saturated rings. The molecule has 34 heavy (non-hydrogen) atoms. The standard InChI is InChI=1S/C25H31N3O5S/c29-24(26-17-5-1-2-6-17)16-11-13-28(14-12-16)34(32,33)18-9-10-22-20(15-18)23(25(30)31)19-7-3-4-8-21(19)27-22/h9-10,15-17H,1-8,11-14H2,(H,26,29)(H,30,31). The van der Waals surface area contributed by atoms with E-state index in [-0.39, 0.29) is 41.4 Å². The lowest BCUT2D eigenvalue weighted by molar-refractivity contribution is -0.126. The fourth-order valence-corrected chi connectivity index (χ4v) is 7.20. The molecule has 8 nitrogen and oxygen atoms in total. The number of pyridine rings is 1. The Kier molecular flexibility index (Phi) is 6.33. The van der Waals surface area contributed by atoms with Crippen molar-refractivity contribution in [1.29, 1.82) is 0 Å². The van der Waals surface area contributed by atoms with Crippen molar-refractivity contribution in [1.82, 2.24) is 14.6 Å². The molecule has 9 heteroatoms. The van der Waals surface area contributed by atoms with Crippen molar-refractivity contribution in [3.05, 3.63) is 35.0 Å². The number of rotatable bonds is 5. The van der Waals surface area contributed by atoms with Crippen LogP contribution in [0.5, 0.6) is 0 Å². The Morgan fingerprint density at radius 3 is 2.41 bits per heavy atom. The zero-order chi connectivity index (χ0) is 23.9. The predicted octanol–water partition coefficient (Wildman–Crippen LogP) is 3.27. The van der Waals surface area contributed by atoms with Crippen LogP contribution in [0.25, 0.3) is 10.9 Å². The fourth-order valence-electron chi connectivity index (χ4n) is 5.70. The summed E-state index contributed by atoms with van der Waals surface area (Å²) in [6.07, 6.45) is 8.59. The summed E-state index contributed by atoms with van der Waals surface area (Å²) < 4.78 is 28.2. The van der Waals surface area contributed by atoms with Crippen LogP contribution in [0.15, 0.2) is 23.1 Å². The molecule has 2 aromatic rings. The van der Waals surface area contributed by atoms with Gasteiger partial charge < -0.3 is 10.4 Å². The van der Waals surface area contributed by atoms with Crippen LogP contribution >= 0.6 is 0 Å². The number of fused-ring (bicyclic) bond motifs is 2. The quantitative estimate of drug-likeness (QED) is 0.671. The van der Waals surface area contributed by atoms with Gasteiger partial charge in [0, 0.05) is 36.1 Å². The lowest BCUT2D eigenvalue weighted by Crippen LogP contribution is -2.44. The number of aromatic nitrogens is 1. The van der Waals surface area contributed by atoms with E-state index in [1.54, 1.807) is 6.07 Å². The minimum Gasteiger partial charge on any atom is -0.478 e. The average molecular weight is 486 g/mol. The van der Waals surface area contributed by atoms with Crippen molar-refractivity contribution in [3.63, 3.8) is 0 Å². The van der Waals surface area contributed by atoms with E-state index < -0.39 is 16.0 Å². The highest BCUT2D eigenvalue weighted by molar-refractivity contribution is 7.89. The number of carbonyl (C=O) groups is 2. The Morgan fingerprint density at radius 2 is 1.71 bits per heavy atom. The third kappa shape index (κ3) is 4.31. The number of amides is 1. The summed E-state index contributed by atoms with van der Waals surface area (Å²) in [5.41, 5.74) is 2.23. The number of carboxylic acid groups (broad SMARTS) is 1. The number of carboxylic acids is 1. The second-order valence-electron chi connectivity index (χ2n) is 9.77. The molecule has 1 saturated carbocycles. The highest BCUT2D eigenvalue weighted by atomic mass is 32.2. The lowest BCUT2D eigenvalue weighted by Gasteiger charge is -2.31. The minimum atomic E-state index is -3.81. The van der Waals surface area contributed by atoms with Crippen molar-refractivity contribution < 1.29 is 23.1 Å². The van der Waals surface area contributed by atoms with E-state index >= 15 is 0 Å². The van der Waals surface area contributed by atoms with Gasteiger partial charge in [0.2, 0.25) is 15.9 Å². The van der Waals surface area contributed by atoms with Crippen molar-refractivity contribution in [3.8, 4) is 0 Å². The molecule has 2 N–H and O–H groups in total. The molecule has 1 aromatic heterocycles. The SMILES string of the molecule is O=C(O)c1c2c(nc3ccc(S(=O)(=O)N4CCC(C(=O)NC5CCCC5)CC4)cc13)CCCC2. The molecule has 3 aliphatic rings. The van der Waals surface area contributed by atoms with E-state index in [0.717, 1.165) is 56.2 Å². The zero-order valence-electron chi connectivity index (χ0n) is 19.3. The van der Waals surface area contributed by atoms with Gasteiger partial charge in [0.05, 0.1) is 16.0 Å². The first-order valence-corrected chi connectivity index (χ1v) is 13.8. The molecule has 0 radical (unpaired) electrons. The summed E-state index contributed by atoms with van der Waals surface area (Å²) >= 11 is 0. The van der Waals surface area contributed by atoms with Crippen LogP contribution in [0.4, 0.5) is 0 Å². The van der Waals surface area contributed by atoms with E-state index in [4.69, 9.17) is 0 Å². The lowest BCUT2D eigenvalue weighted by atomic mass is 9.90. The van der Waals surface area contributed by atoms with Gasteiger partial charge in [-0.15, -0.1) is 0 Å². The van der Waals surface area contributed by atoms with Gasteiger partial charge in [-0.1, -0.05) is 12.8 Å². The average Bonchev–Trinajstić information content (AvgIpc) is 3.35. The van der Waals surface area contributed by atoms with E-state index in [2.05, 4.69) is 10.3 Å². The highest BCUT2D eigenvalue weighted by Gasteiger charge is 2.33. The molecule has 1 saturated heterocycles. The van der Waals surface area contributed by atoms with Crippen LogP contribution in [-0.2, 0) is 27.7 Å². The molecule has 5 rings (SSSR count). The number of nitrogens with one attached hydrogen (secondary N) is 1. The monoisotopic (exact) mass is 485 g/mol. The normalized spacial score (nSPS) is 20.4. The van der Waals surface area contributed by atoms with Crippen LogP contribution in [0.1, 0.15) is 73.0 Å². The van der Waals surface area contributed by atoms with Gasteiger partial charge in [-0.25, -0.2) is 13.2 Å². The Labute approximate surface area is 199 Å². The van der Waals surface area contributed by atoms with Gasteiger partial charge in [-0.3, -0.25) is 9.78 Å². The molecular weight excluding hydrogens is 454 g/mol. The molecule has 2 aliphatic carbocycles. The van der Waals surface area contributed by atoms with E-state index in [1.165, 1.54) is 16.4 Å². The molecule has 182 valence electrons. The third-order valence-corrected chi connectivity index (χ3v) is 9.51. The summed E-state index contributed by atoms with van der Waals surface area (Å²) in [7, 11) is -3.81. The number of piperidine rings is 1. The first kappa shape index (κ1) is 23.2. The maximum atomic E-state index is 13.4. The molecule has 1 aromatic carbocycles. The Balaban J connectivity index is 1.37. The molecule has 1 amide bonds. The van der Waals surface area contributed by atoms with Gasteiger partial charge in [0.15, 0.2) is 0 Å². The van der Waals surface area contributed by atoms with E-state index in [1.807, 2.05) is 0 Å². The summed E-state index contributed by atoms with van der Waals surface area (Å²) in [5, 5.41) is 13.4. The number of hydrogen-bond acceptors (Lipinski definition) is 5. The number of carbonyl (C=O) groups excluding carboxylic acids is 1. The second kappa shape index (κ2) is 9.26. The van der Waals surface area contributed by atoms with Crippen molar-refractivity contribution in [2.45, 2.75) is 75.1 Å². The van der Waals surface area contributed by atoms with E-state index in [9.17, 15) is 23.1 Å². The Bertz CT molecular complexity index is 1230. The summed E-state index contributed by atoms with van der Waals surface area (Å²) in [6, 6.07) is 4.86. The third-order valence-electron chi connectivity index (χ3n) is 7.61. The molecule has 0 atom stereocenters. The molecule has 1 aliphatic heterocycles. The molecule has 2 heterocycles. The zero-order valence-corrected chi connectivity index (χ0v) is 20.1. The second-order valence-corrected chi connectivity index (χ2v) is 11.7. The van der Waals surface area contributed by atoms with Gasteiger partial charge in [0.25, 0.3) is 0 Å². The van der Waals surface area contributed by atoms with Crippen molar-refractivity contribution in [2.75, 3.05) is 13.1 Å². The van der Waals surface area contributed by atoms with E-state index in [0.29, 0.717) is 30.2 Å². The van der Waals surface area contributed by atoms with Gasteiger partial charge >= 0.3 is 5.97 Å².